The number of hydrazine groups is 1. The number of nitrogen functional groups attached to an aromatic ring is 1. The van der Waals surface area contributed by atoms with Crippen LogP contribution in [0.2, 0.25) is 0 Å². The van der Waals surface area contributed by atoms with E-state index in [2.05, 4.69) is 10.4 Å². The van der Waals surface area contributed by atoms with Crippen LogP contribution in [-0.2, 0) is 5.75 Å². The second-order valence-corrected chi connectivity index (χ2v) is 5.08. The highest BCUT2D eigenvalue weighted by atomic mass is 32.2. The summed E-state index contributed by atoms with van der Waals surface area (Å²) in [7, 11) is 0. The summed E-state index contributed by atoms with van der Waals surface area (Å²) in [6.45, 7) is 3.70. The van der Waals surface area contributed by atoms with Crippen molar-refractivity contribution in [3.8, 4) is 0 Å². The number of nitro benzene ring substituents is 1. The fraction of sp³-hybridized carbons (Fsp3) is 0.250. The SMILES string of the molecule is Cc1nc(SCc2cc([N+](=O)[O-])ccc2NN)oc1C. The lowest BCUT2D eigenvalue weighted by Crippen LogP contribution is -2.09. The number of aryl methyl sites for hydroxylation is 2. The van der Waals surface area contributed by atoms with Gasteiger partial charge in [-0.2, -0.15) is 0 Å². The third-order valence-electron chi connectivity index (χ3n) is 2.82. The van der Waals surface area contributed by atoms with Crippen LogP contribution in [0.15, 0.2) is 27.8 Å². The molecule has 1 heterocycles. The van der Waals surface area contributed by atoms with Crippen LogP contribution in [0.25, 0.3) is 0 Å². The molecule has 0 spiro atoms. The molecule has 0 aliphatic heterocycles. The minimum absolute atomic E-state index is 0.0272. The highest BCUT2D eigenvalue weighted by Crippen LogP contribution is 2.29. The normalized spacial score (nSPS) is 10.6. The second-order valence-electron chi connectivity index (χ2n) is 4.15. The molecule has 0 saturated carbocycles. The first-order valence-electron chi connectivity index (χ1n) is 5.82. The fourth-order valence-electron chi connectivity index (χ4n) is 1.60. The van der Waals surface area contributed by atoms with E-state index in [0.29, 0.717) is 16.7 Å². The van der Waals surface area contributed by atoms with Gasteiger partial charge in [0.25, 0.3) is 10.9 Å². The summed E-state index contributed by atoms with van der Waals surface area (Å²) in [4.78, 5) is 14.6. The number of nitrogens with one attached hydrogen (secondary N) is 1. The molecule has 0 unspecified atom stereocenters. The maximum Gasteiger partial charge on any atom is 0.269 e. The summed E-state index contributed by atoms with van der Waals surface area (Å²) in [6.07, 6.45) is 0. The quantitative estimate of drug-likeness (QED) is 0.378. The van der Waals surface area contributed by atoms with Gasteiger partial charge in [0.2, 0.25) is 0 Å². The Bertz CT molecular complexity index is 622. The highest BCUT2D eigenvalue weighted by molar-refractivity contribution is 7.98. The maximum atomic E-state index is 10.8. The van der Waals surface area contributed by atoms with Crippen molar-refractivity contribution in [3.05, 3.63) is 45.3 Å². The smallest absolute Gasteiger partial charge is 0.269 e. The van der Waals surface area contributed by atoms with E-state index in [-0.39, 0.29) is 5.69 Å². The summed E-state index contributed by atoms with van der Waals surface area (Å²) < 4.78 is 5.45. The molecule has 1 aromatic heterocycles. The van der Waals surface area contributed by atoms with Crippen molar-refractivity contribution in [2.75, 3.05) is 5.43 Å². The maximum absolute atomic E-state index is 10.8. The summed E-state index contributed by atoms with van der Waals surface area (Å²) in [6, 6.07) is 4.48. The van der Waals surface area contributed by atoms with E-state index in [1.54, 1.807) is 6.07 Å². The minimum atomic E-state index is -0.437. The van der Waals surface area contributed by atoms with Crippen LogP contribution in [0.4, 0.5) is 11.4 Å². The van der Waals surface area contributed by atoms with Gasteiger partial charge in [-0.25, -0.2) is 4.98 Å². The molecule has 2 aromatic rings. The van der Waals surface area contributed by atoms with Crippen molar-refractivity contribution in [1.29, 1.82) is 0 Å². The number of rotatable bonds is 5. The van der Waals surface area contributed by atoms with Crippen molar-refractivity contribution in [2.24, 2.45) is 5.84 Å². The molecule has 0 atom stereocenters. The van der Waals surface area contributed by atoms with Crippen LogP contribution in [0, 0.1) is 24.0 Å². The number of nitro groups is 1. The Kier molecular flexibility index (Phi) is 4.26. The van der Waals surface area contributed by atoms with Crippen molar-refractivity contribution < 1.29 is 9.34 Å². The Morgan fingerprint density at radius 3 is 2.80 bits per heavy atom. The van der Waals surface area contributed by atoms with Crippen LogP contribution in [0.3, 0.4) is 0 Å². The van der Waals surface area contributed by atoms with Gasteiger partial charge in [0.05, 0.1) is 16.3 Å². The van der Waals surface area contributed by atoms with Crippen molar-refractivity contribution >= 4 is 23.1 Å². The highest BCUT2D eigenvalue weighted by Gasteiger charge is 2.12. The van der Waals surface area contributed by atoms with E-state index in [9.17, 15) is 10.1 Å². The monoisotopic (exact) mass is 294 g/mol. The van der Waals surface area contributed by atoms with Gasteiger partial charge >= 0.3 is 0 Å². The van der Waals surface area contributed by atoms with Crippen LogP contribution in [-0.4, -0.2) is 9.91 Å². The van der Waals surface area contributed by atoms with E-state index in [4.69, 9.17) is 10.3 Å². The zero-order valence-electron chi connectivity index (χ0n) is 11.0. The molecule has 0 bridgehead atoms. The number of hydrogen-bond acceptors (Lipinski definition) is 7. The van der Waals surface area contributed by atoms with Gasteiger partial charge in [0.15, 0.2) is 0 Å². The van der Waals surface area contributed by atoms with Gasteiger partial charge < -0.3 is 9.84 Å². The molecule has 0 radical (unpaired) electrons. The number of nitrogens with two attached hydrogens (primary N) is 1. The number of nitrogens with zero attached hydrogens (tertiary/aromatic N) is 2. The lowest BCUT2D eigenvalue weighted by Gasteiger charge is -2.07. The molecule has 106 valence electrons. The molecule has 1 aromatic carbocycles. The summed E-state index contributed by atoms with van der Waals surface area (Å²) in [5, 5.41) is 11.3. The first-order chi connectivity index (χ1) is 9.51. The summed E-state index contributed by atoms with van der Waals surface area (Å²) >= 11 is 1.36. The van der Waals surface area contributed by atoms with E-state index in [1.807, 2.05) is 13.8 Å². The molecule has 8 heteroatoms. The largest absolute Gasteiger partial charge is 0.437 e. The topological polar surface area (TPSA) is 107 Å². The van der Waals surface area contributed by atoms with E-state index < -0.39 is 4.92 Å². The van der Waals surface area contributed by atoms with Crippen molar-refractivity contribution in [2.45, 2.75) is 24.8 Å². The Labute approximate surface area is 119 Å². The molecule has 3 N–H and O–H groups in total. The van der Waals surface area contributed by atoms with Crippen LogP contribution in [0.1, 0.15) is 17.0 Å². The molecule has 2 rings (SSSR count). The Morgan fingerprint density at radius 1 is 1.50 bits per heavy atom. The van der Waals surface area contributed by atoms with E-state index in [0.717, 1.165) is 17.0 Å². The predicted molar refractivity (Wildman–Crippen MR) is 76.4 cm³/mol. The Morgan fingerprint density at radius 2 is 2.25 bits per heavy atom. The predicted octanol–water partition coefficient (Wildman–Crippen LogP) is 2.78. The van der Waals surface area contributed by atoms with Crippen LogP contribution < -0.4 is 11.3 Å². The van der Waals surface area contributed by atoms with E-state index in [1.165, 1.54) is 23.9 Å². The average Bonchev–Trinajstić information content (AvgIpc) is 2.75. The van der Waals surface area contributed by atoms with Crippen LogP contribution in [0.5, 0.6) is 0 Å². The first-order valence-corrected chi connectivity index (χ1v) is 6.80. The number of thioether (sulfide) groups is 1. The molecule has 20 heavy (non-hydrogen) atoms. The van der Waals surface area contributed by atoms with E-state index >= 15 is 0 Å². The van der Waals surface area contributed by atoms with Gasteiger partial charge in [-0.1, -0.05) is 11.8 Å². The number of aromatic nitrogens is 1. The average molecular weight is 294 g/mol. The lowest BCUT2D eigenvalue weighted by molar-refractivity contribution is -0.384. The third-order valence-corrected chi connectivity index (χ3v) is 3.69. The number of anilines is 1. The van der Waals surface area contributed by atoms with Crippen molar-refractivity contribution in [3.63, 3.8) is 0 Å². The van der Waals surface area contributed by atoms with Crippen molar-refractivity contribution in [1.82, 2.24) is 4.98 Å². The molecule has 0 amide bonds. The van der Waals surface area contributed by atoms with Gasteiger partial charge in [-0.05, 0) is 25.5 Å². The van der Waals surface area contributed by atoms with Gasteiger partial charge in [0, 0.05) is 17.9 Å². The lowest BCUT2D eigenvalue weighted by atomic mass is 10.2. The Hall–Kier alpha value is -2.06. The van der Waals surface area contributed by atoms with Crippen LogP contribution >= 0.6 is 11.8 Å². The zero-order chi connectivity index (χ0) is 14.7. The summed E-state index contributed by atoms with van der Waals surface area (Å²) in [5.41, 5.74) is 4.76. The van der Waals surface area contributed by atoms with Gasteiger partial charge in [-0.15, -0.1) is 0 Å². The first kappa shape index (κ1) is 14.4. The summed E-state index contributed by atoms with van der Waals surface area (Å²) in [5.74, 6) is 6.65. The number of oxazole rings is 1. The Balaban J connectivity index is 2.18. The molecule has 7 nitrogen and oxygen atoms in total. The second kappa shape index (κ2) is 5.93. The third kappa shape index (κ3) is 3.09. The number of hydrogen-bond donors (Lipinski definition) is 2. The fourth-order valence-corrected chi connectivity index (χ4v) is 2.50. The molecular formula is C12H14N4O3S. The molecule has 0 fully saturated rings. The standard InChI is InChI=1S/C12H14N4O3S/c1-7-8(2)19-12(14-7)20-6-9-5-10(16(17)18)3-4-11(9)15-13/h3-5,15H,6,13H2,1-2H3. The molecule has 0 aliphatic rings. The van der Waals surface area contributed by atoms with Gasteiger partial charge in [0.1, 0.15) is 5.76 Å². The minimum Gasteiger partial charge on any atom is -0.437 e. The van der Waals surface area contributed by atoms with Gasteiger partial charge in [-0.3, -0.25) is 16.0 Å². The number of non-ortho nitro benzene ring substituents is 1. The molecular weight excluding hydrogens is 280 g/mol. The molecule has 0 aliphatic carbocycles. The number of benzene rings is 1. The zero-order valence-corrected chi connectivity index (χ0v) is 11.9. The molecule has 0 saturated heterocycles.